The Morgan fingerprint density at radius 1 is 1.29 bits per heavy atom. The first-order valence-corrected chi connectivity index (χ1v) is 5.65. The fourth-order valence-corrected chi connectivity index (χ4v) is 2.06. The van der Waals surface area contributed by atoms with Gasteiger partial charge in [-0.25, -0.2) is 8.42 Å². The molecule has 76 valence electrons. The van der Waals surface area contributed by atoms with Gasteiger partial charge in [0.25, 0.3) is 0 Å². The topological polar surface area (TPSA) is 71.4 Å². The van der Waals surface area contributed by atoms with E-state index in [1.54, 1.807) is 0 Å². The molecule has 0 atom stereocenters. The van der Waals surface area contributed by atoms with Crippen molar-refractivity contribution in [2.75, 3.05) is 5.75 Å². The number of rotatable bonds is 3. The standard InChI is InChI=1S/C8H7ClO4S/c9-6-1-3-7(4-2-6)14(12,13)5-8(10)11/h1-4H,5H2,(H,10,11). The highest BCUT2D eigenvalue weighted by atomic mass is 35.5. The maximum absolute atomic E-state index is 11.3. The highest BCUT2D eigenvalue weighted by Crippen LogP contribution is 2.15. The van der Waals surface area contributed by atoms with Crippen LogP contribution < -0.4 is 0 Å². The Morgan fingerprint density at radius 2 is 1.79 bits per heavy atom. The molecular formula is C8H7ClO4S. The average molecular weight is 235 g/mol. The molecule has 1 N–H and O–H groups in total. The SMILES string of the molecule is O=C(O)CS(=O)(=O)c1ccc(Cl)cc1. The zero-order valence-corrected chi connectivity index (χ0v) is 8.55. The van der Waals surface area contributed by atoms with Crippen molar-refractivity contribution in [1.82, 2.24) is 0 Å². The fraction of sp³-hybridized carbons (Fsp3) is 0.125. The van der Waals surface area contributed by atoms with Crippen LogP contribution in [0.2, 0.25) is 5.02 Å². The van der Waals surface area contributed by atoms with E-state index in [0.717, 1.165) is 0 Å². The first kappa shape index (κ1) is 11.0. The zero-order chi connectivity index (χ0) is 10.8. The van der Waals surface area contributed by atoms with Gasteiger partial charge in [-0.2, -0.15) is 0 Å². The summed E-state index contributed by atoms with van der Waals surface area (Å²) in [5, 5.41) is 8.76. The minimum absolute atomic E-state index is 0.0377. The van der Waals surface area contributed by atoms with Crippen molar-refractivity contribution < 1.29 is 18.3 Å². The molecule has 0 radical (unpaired) electrons. The molecule has 0 aromatic heterocycles. The number of carboxylic acids is 1. The molecule has 0 spiro atoms. The summed E-state index contributed by atoms with van der Waals surface area (Å²) < 4.78 is 22.7. The fourth-order valence-electron chi connectivity index (χ4n) is 0.888. The molecule has 0 fully saturated rings. The van der Waals surface area contributed by atoms with Gasteiger partial charge in [-0.15, -0.1) is 0 Å². The Hall–Kier alpha value is -1.07. The summed E-state index contributed by atoms with van der Waals surface area (Å²) in [7, 11) is -3.73. The molecule has 0 aliphatic heterocycles. The molecule has 0 aliphatic rings. The third-order valence-corrected chi connectivity index (χ3v) is 3.36. The second-order valence-electron chi connectivity index (χ2n) is 2.61. The van der Waals surface area contributed by atoms with Crippen LogP contribution in [0.25, 0.3) is 0 Å². The van der Waals surface area contributed by atoms with Crippen molar-refractivity contribution in [3.05, 3.63) is 29.3 Å². The second kappa shape index (κ2) is 3.98. The first-order chi connectivity index (χ1) is 6.42. The molecule has 0 amide bonds. The molecule has 0 unspecified atom stereocenters. The van der Waals surface area contributed by atoms with Crippen LogP contribution in [0.5, 0.6) is 0 Å². The number of hydrogen-bond acceptors (Lipinski definition) is 3. The summed E-state index contributed by atoms with van der Waals surface area (Å²) in [4.78, 5) is 10.2. The van der Waals surface area contributed by atoms with Crippen molar-refractivity contribution in [2.24, 2.45) is 0 Å². The van der Waals surface area contributed by atoms with Gasteiger partial charge >= 0.3 is 5.97 Å². The molecule has 0 bridgehead atoms. The van der Waals surface area contributed by atoms with Crippen molar-refractivity contribution >= 4 is 27.4 Å². The molecule has 4 nitrogen and oxygen atoms in total. The van der Waals surface area contributed by atoms with E-state index in [1.165, 1.54) is 24.3 Å². The molecule has 1 rings (SSSR count). The molecular weight excluding hydrogens is 228 g/mol. The van der Waals surface area contributed by atoms with E-state index in [-0.39, 0.29) is 4.90 Å². The lowest BCUT2D eigenvalue weighted by Gasteiger charge is -2.00. The van der Waals surface area contributed by atoms with E-state index in [0.29, 0.717) is 5.02 Å². The third kappa shape index (κ3) is 2.71. The minimum Gasteiger partial charge on any atom is -0.480 e. The smallest absolute Gasteiger partial charge is 0.319 e. The van der Waals surface area contributed by atoms with Crippen LogP contribution in [0.4, 0.5) is 0 Å². The monoisotopic (exact) mass is 234 g/mol. The number of carbonyl (C=O) groups is 1. The lowest BCUT2D eigenvalue weighted by Crippen LogP contribution is -2.15. The van der Waals surface area contributed by atoms with E-state index in [9.17, 15) is 13.2 Å². The van der Waals surface area contributed by atoms with E-state index in [4.69, 9.17) is 16.7 Å². The molecule has 0 saturated carbocycles. The predicted octanol–water partition coefficient (Wildman–Crippen LogP) is 1.20. The predicted molar refractivity (Wildman–Crippen MR) is 51.1 cm³/mol. The van der Waals surface area contributed by atoms with Gasteiger partial charge in [-0.05, 0) is 24.3 Å². The summed E-state index contributed by atoms with van der Waals surface area (Å²) in [6, 6.07) is 5.35. The van der Waals surface area contributed by atoms with Gasteiger partial charge in [0.2, 0.25) is 0 Å². The van der Waals surface area contributed by atoms with Gasteiger partial charge in [0.05, 0.1) is 4.90 Å². The van der Waals surface area contributed by atoms with Crippen molar-refractivity contribution in [3.8, 4) is 0 Å². The highest BCUT2D eigenvalue weighted by molar-refractivity contribution is 7.92. The molecule has 14 heavy (non-hydrogen) atoms. The lowest BCUT2D eigenvalue weighted by atomic mass is 10.4. The Balaban J connectivity index is 3.05. The summed E-state index contributed by atoms with van der Waals surface area (Å²) >= 11 is 5.56. The van der Waals surface area contributed by atoms with Crippen molar-refractivity contribution in [2.45, 2.75) is 4.90 Å². The van der Waals surface area contributed by atoms with Crippen molar-refractivity contribution in [3.63, 3.8) is 0 Å². The number of aliphatic carboxylic acids is 1. The van der Waals surface area contributed by atoms with Crippen molar-refractivity contribution in [1.29, 1.82) is 0 Å². The van der Waals surface area contributed by atoms with Crippen LogP contribution in [-0.2, 0) is 14.6 Å². The average Bonchev–Trinajstić information content (AvgIpc) is 2.02. The Labute approximate surface area is 86.0 Å². The normalized spacial score (nSPS) is 11.2. The van der Waals surface area contributed by atoms with Gasteiger partial charge in [0.15, 0.2) is 15.6 Å². The van der Waals surface area contributed by atoms with Crippen LogP contribution in [0.1, 0.15) is 0 Å². The first-order valence-electron chi connectivity index (χ1n) is 3.62. The molecule has 0 heterocycles. The van der Waals surface area contributed by atoms with Crippen LogP contribution >= 0.6 is 11.6 Å². The minimum atomic E-state index is -3.73. The van der Waals surface area contributed by atoms with Crippen LogP contribution in [0, 0.1) is 0 Å². The largest absolute Gasteiger partial charge is 0.480 e. The van der Waals surface area contributed by atoms with Gasteiger partial charge < -0.3 is 5.11 Å². The Morgan fingerprint density at radius 3 is 2.21 bits per heavy atom. The van der Waals surface area contributed by atoms with Gasteiger partial charge in [0, 0.05) is 5.02 Å². The number of carboxylic acid groups (broad SMARTS) is 1. The van der Waals surface area contributed by atoms with Gasteiger partial charge in [-0.3, -0.25) is 4.79 Å². The Bertz CT molecular complexity index is 435. The number of halogens is 1. The van der Waals surface area contributed by atoms with Crippen LogP contribution in [0.15, 0.2) is 29.2 Å². The van der Waals surface area contributed by atoms with Gasteiger partial charge in [-0.1, -0.05) is 11.6 Å². The van der Waals surface area contributed by atoms with Crippen LogP contribution in [0.3, 0.4) is 0 Å². The Kier molecular flexibility index (Phi) is 3.13. The molecule has 6 heteroatoms. The summed E-state index contributed by atoms with van der Waals surface area (Å²) in [6.07, 6.45) is 0. The quantitative estimate of drug-likeness (QED) is 0.853. The maximum atomic E-state index is 11.3. The second-order valence-corrected chi connectivity index (χ2v) is 5.03. The molecule has 0 saturated heterocycles. The summed E-state index contributed by atoms with van der Waals surface area (Å²) in [6.45, 7) is 0. The van der Waals surface area contributed by atoms with E-state index in [1.807, 2.05) is 0 Å². The zero-order valence-electron chi connectivity index (χ0n) is 6.97. The summed E-state index contributed by atoms with van der Waals surface area (Å²) in [5.74, 6) is -2.28. The molecule has 0 aliphatic carbocycles. The number of benzene rings is 1. The highest BCUT2D eigenvalue weighted by Gasteiger charge is 2.18. The number of sulfone groups is 1. The van der Waals surface area contributed by atoms with E-state index >= 15 is 0 Å². The molecule has 1 aromatic carbocycles. The molecule has 1 aromatic rings. The summed E-state index contributed by atoms with van der Waals surface area (Å²) in [5.41, 5.74) is 0. The van der Waals surface area contributed by atoms with Gasteiger partial charge in [0.1, 0.15) is 0 Å². The van der Waals surface area contributed by atoms with E-state index < -0.39 is 21.6 Å². The number of hydrogen-bond donors (Lipinski definition) is 1. The maximum Gasteiger partial charge on any atom is 0.319 e. The third-order valence-electron chi connectivity index (χ3n) is 1.49. The van der Waals surface area contributed by atoms with E-state index in [2.05, 4.69) is 0 Å². The lowest BCUT2D eigenvalue weighted by molar-refractivity contribution is -0.134. The van der Waals surface area contributed by atoms with Crippen LogP contribution in [-0.4, -0.2) is 25.2 Å².